The number of ether oxygens (including phenoxy) is 1. The molecule has 0 fully saturated rings. The molecular weight excluding hydrogens is 270 g/mol. The van der Waals surface area contributed by atoms with E-state index in [4.69, 9.17) is 10.5 Å². The van der Waals surface area contributed by atoms with Crippen molar-refractivity contribution in [1.82, 2.24) is 10.9 Å². The molecule has 108 valence electrons. The number of hydrogen-bond donors (Lipinski definition) is 3. The molecule has 2 rings (SSSR count). The van der Waals surface area contributed by atoms with Gasteiger partial charge < -0.3 is 10.5 Å². The first-order valence-electron chi connectivity index (χ1n) is 6.28. The number of nitrogens with two attached hydrogens (primary N) is 1. The molecule has 2 amide bonds. The van der Waals surface area contributed by atoms with Crippen molar-refractivity contribution in [3.05, 3.63) is 60.2 Å². The normalized spacial score (nSPS) is 9.71. The van der Waals surface area contributed by atoms with Gasteiger partial charge in [-0.2, -0.15) is 0 Å². The van der Waals surface area contributed by atoms with Crippen LogP contribution in [0.15, 0.2) is 54.6 Å². The number of hydrazine groups is 1. The molecule has 0 bridgehead atoms. The van der Waals surface area contributed by atoms with Crippen molar-refractivity contribution in [3.63, 3.8) is 0 Å². The van der Waals surface area contributed by atoms with Gasteiger partial charge in [-0.3, -0.25) is 20.4 Å². The Bertz CT molecular complexity index is 629. The summed E-state index contributed by atoms with van der Waals surface area (Å²) in [4.78, 5) is 23.2. The summed E-state index contributed by atoms with van der Waals surface area (Å²) in [6.45, 7) is -0.224. The number of hydrogen-bond acceptors (Lipinski definition) is 4. The Balaban J connectivity index is 1.76. The topological polar surface area (TPSA) is 93.4 Å². The molecule has 0 aromatic heterocycles. The summed E-state index contributed by atoms with van der Waals surface area (Å²) in [5.41, 5.74) is 11.2. The number of rotatable bonds is 4. The Kier molecular flexibility index (Phi) is 4.76. The zero-order valence-electron chi connectivity index (χ0n) is 11.2. The second-order valence-corrected chi connectivity index (χ2v) is 4.23. The lowest BCUT2D eigenvalue weighted by molar-refractivity contribution is -0.123. The molecule has 0 radical (unpaired) electrons. The van der Waals surface area contributed by atoms with Crippen molar-refractivity contribution >= 4 is 17.5 Å². The van der Waals surface area contributed by atoms with Gasteiger partial charge in [0.2, 0.25) is 0 Å². The van der Waals surface area contributed by atoms with Crippen LogP contribution in [0.1, 0.15) is 10.4 Å². The van der Waals surface area contributed by atoms with Gasteiger partial charge in [0.05, 0.1) is 0 Å². The van der Waals surface area contributed by atoms with Crippen LogP contribution in [-0.2, 0) is 4.79 Å². The summed E-state index contributed by atoms with van der Waals surface area (Å²) < 4.78 is 5.24. The van der Waals surface area contributed by atoms with Crippen molar-refractivity contribution < 1.29 is 14.3 Å². The third-order valence-corrected chi connectivity index (χ3v) is 2.58. The van der Waals surface area contributed by atoms with Gasteiger partial charge >= 0.3 is 0 Å². The number of amides is 2. The highest BCUT2D eigenvalue weighted by Gasteiger charge is 2.07. The number of benzene rings is 2. The van der Waals surface area contributed by atoms with Crippen LogP contribution < -0.4 is 21.3 Å². The summed E-state index contributed by atoms with van der Waals surface area (Å²) in [7, 11) is 0. The quantitative estimate of drug-likeness (QED) is 0.579. The lowest BCUT2D eigenvalue weighted by Crippen LogP contribution is -2.43. The van der Waals surface area contributed by atoms with E-state index < -0.39 is 11.8 Å². The molecule has 0 saturated carbocycles. The Labute approximate surface area is 121 Å². The second-order valence-electron chi connectivity index (χ2n) is 4.23. The molecule has 0 saturated heterocycles. The van der Waals surface area contributed by atoms with Crippen LogP contribution >= 0.6 is 0 Å². The van der Waals surface area contributed by atoms with E-state index in [9.17, 15) is 9.59 Å². The minimum absolute atomic E-state index is 0.224. The van der Waals surface area contributed by atoms with Crippen LogP contribution in [0.3, 0.4) is 0 Å². The smallest absolute Gasteiger partial charge is 0.276 e. The average Bonchev–Trinajstić information content (AvgIpc) is 2.51. The van der Waals surface area contributed by atoms with E-state index in [2.05, 4.69) is 10.9 Å². The van der Waals surface area contributed by atoms with Crippen molar-refractivity contribution in [2.75, 3.05) is 12.3 Å². The lowest BCUT2D eigenvalue weighted by Gasteiger charge is -2.09. The Morgan fingerprint density at radius 3 is 2.48 bits per heavy atom. The molecule has 0 spiro atoms. The van der Waals surface area contributed by atoms with Crippen LogP contribution in [0, 0.1) is 0 Å². The van der Waals surface area contributed by atoms with Crippen LogP contribution in [-0.4, -0.2) is 18.4 Å². The molecule has 2 aromatic carbocycles. The van der Waals surface area contributed by atoms with Gasteiger partial charge in [0.1, 0.15) is 5.75 Å². The second kappa shape index (κ2) is 6.95. The van der Waals surface area contributed by atoms with E-state index >= 15 is 0 Å². The maximum Gasteiger partial charge on any atom is 0.276 e. The first kappa shape index (κ1) is 14.4. The van der Waals surface area contributed by atoms with Gasteiger partial charge in [-0.1, -0.05) is 24.3 Å². The minimum atomic E-state index is -0.471. The van der Waals surface area contributed by atoms with Gasteiger partial charge in [-0.15, -0.1) is 0 Å². The van der Waals surface area contributed by atoms with E-state index in [1.807, 2.05) is 0 Å². The van der Waals surface area contributed by atoms with Crippen LogP contribution in [0.2, 0.25) is 0 Å². The molecule has 0 aliphatic carbocycles. The molecule has 4 N–H and O–H groups in total. The Hall–Kier alpha value is -3.02. The molecule has 0 aliphatic heterocycles. The Morgan fingerprint density at radius 2 is 1.76 bits per heavy atom. The largest absolute Gasteiger partial charge is 0.484 e. The van der Waals surface area contributed by atoms with Crippen molar-refractivity contribution in [1.29, 1.82) is 0 Å². The van der Waals surface area contributed by atoms with Gasteiger partial charge in [-0.05, 0) is 24.3 Å². The molecule has 6 nitrogen and oxygen atoms in total. The maximum absolute atomic E-state index is 11.7. The number of carbonyl (C=O) groups is 2. The number of nitrogen functional groups attached to an aromatic ring is 1. The summed E-state index contributed by atoms with van der Waals surface area (Å²) in [6.07, 6.45) is 0. The molecule has 0 atom stereocenters. The highest BCUT2D eigenvalue weighted by atomic mass is 16.5. The van der Waals surface area contributed by atoms with E-state index in [1.54, 1.807) is 54.6 Å². The number of anilines is 1. The molecule has 6 heteroatoms. The third-order valence-electron chi connectivity index (χ3n) is 2.58. The fraction of sp³-hybridized carbons (Fsp3) is 0.0667. The van der Waals surface area contributed by atoms with Crippen molar-refractivity contribution in [3.8, 4) is 5.75 Å². The summed E-state index contributed by atoms with van der Waals surface area (Å²) in [6, 6.07) is 15.3. The molecule has 2 aromatic rings. The first-order valence-corrected chi connectivity index (χ1v) is 6.28. The zero-order valence-corrected chi connectivity index (χ0v) is 11.2. The highest BCUT2D eigenvalue weighted by molar-refractivity contribution is 5.95. The third kappa shape index (κ3) is 4.54. The lowest BCUT2D eigenvalue weighted by atomic mass is 10.2. The van der Waals surface area contributed by atoms with Gasteiger partial charge in [0.25, 0.3) is 11.8 Å². The van der Waals surface area contributed by atoms with Gasteiger partial charge in [-0.25, -0.2) is 0 Å². The predicted molar refractivity (Wildman–Crippen MR) is 78.4 cm³/mol. The summed E-state index contributed by atoms with van der Waals surface area (Å²) in [5.74, 6) is -0.380. The van der Waals surface area contributed by atoms with Gasteiger partial charge in [0, 0.05) is 17.3 Å². The van der Waals surface area contributed by atoms with Crippen LogP contribution in [0.5, 0.6) is 5.75 Å². The van der Waals surface area contributed by atoms with E-state index in [0.29, 0.717) is 17.0 Å². The summed E-state index contributed by atoms with van der Waals surface area (Å²) in [5, 5.41) is 0. The zero-order chi connectivity index (χ0) is 15.1. The maximum atomic E-state index is 11.7. The number of carbonyl (C=O) groups excluding carboxylic acids is 2. The van der Waals surface area contributed by atoms with Crippen molar-refractivity contribution in [2.45, 2.75) is 0 Å². The highest BCUT2D eigenvalue weighted by Crippen LogP contribution is 2.13. The predicted octanol–water partition coefficient (Wildman–Crippen LogP) is 1.11. The standard InChI is InChI=1S/C15H15N3O3/c16-12-7-4-8-13(9-12)21-10-14(19)17-18-15(20)11-5-2-1-3-6-11/h1-9H,10,16H2,(H,17,19)(H,18,20). The molecule has 0 heterocycles. The van der Waals surface area contributed by atoms with E-state index in [0.717, 1.165) is 0 Å². The fourth-order valence-corrected chi connectivity index (χ4v) is 1.58. The average molecular weight is 285 g/mol. The van der Waals surface area contributed by atoms with Gasteiger partial charge in [0.15, 0.2) is 6.61 Å². The van der Waals surface area contributed by atoms with Crippen LogP contribution in [0.25, 0.3) is 0 Å². The fourth-order valence-electron chi connectivity index (χ4n) is 1.58. The van der Waals surface area contributed by atoms with Crippen LogP contribution in [0.4, 0.5) is 5.69 Å². The van der Waals surface area contributed by atoms with E-state index in [1.165, 1.54) is 0 Å². The Morgan fingerprint density at radius 1 is 1.00 bits per heavy atom. The number of nitrogens with one attached hydrogen (secondary N) is 2. The molecule has 0 unspecified atom stereocenters. The first-order chi connectivity index (χ1) is 10.1. The molecule has 21 heavy (non-hydrogen) atoms. The molecule has 0 aliphatic rings. The SMILES string of the molecule is Nc1cccc(OCC(=O)NNC(=O)c2ccccc2)c1. The monoisotopic (exact) mass is 285 g/mol. The van der Waals surface area contributed by atoms with Crippen molar-refractivity contribution in [2.24, 2.45) is 0 Å². The molecular formula is C15H15N3O3. The summed E-state index contributed by atoms with van der Waals surface area (Å²) >= 11 is 0. The van der Waals surface area contributed by atoms with E-state index in [-0.39, 0.29) is 6.61 Å². The minimum Gasteiger partial charge on any atom is -0.484 e.